The number of nitro benzene ring substituents is 1. The molecule has 0 heterocycles. The number of non-ortho nitro benzene ring substituents is 1. The third-order valence-corrected chi connectivity index (χ3v) is 4.06. The summed E-state index contributed by atoms with van der Waals surface area (Å²) in [7, 11) is 0. The van der Waals surface area contributed by atoms with E-state index in [-0.39, 0.29) is 16.5 Å². The van der Waals surface area contributed by atoms with Gasteiger partial charge in [0.05, 0.1) is 4.92 Å². The molecule has 0 amide bonds. The van der Waals surface area contributed by atoms with E-state index in [1.165, 1.54) is 0 Å². The van der Waals surface area contributed by atoms with Gasteiger partial charge in [-0.3, -0.25) is 10.1 Å². The number of nitro groups is 1. The molecule has 0 saturated carbocycles. The normalized spacial score (nSPS) is 10.8. The number of halogens is 1. The van der Waals surface area contributed by atoms with E-state index in [2.05, 4.69) is 25.7 Å². The van der Waals surface area contributed by atoms with Crippen LogP contribution in [0.4, 0.5) is 11.4 Å². The summed E-state index contributed by atoms with van der Waals surface area (Å²) >= 11 is 5.96. The van der Waals surface area contributed by atoms with Crippen LogP contribution in [0.25, 0.3) is 0 Å². The Morgan fingerprint density at radius 3 is 2.40 bits per heavy atom. The number of hydrogen-bond acceptors (Lipinski definition) is 3. The molecule has 0 N–H and O–H groups in total. The van der Waals surface area contributed by atoms with Crippen molar-refractivity contribution in [2.45, 2.75) is 39.5 Å². The lowest BCUT2D eigenvalue weighted by molar-refractivity contribution is -0.384. The van der Waals surface area contributed by atoms with E-state index in [1.54, 1.807) is 12.1 Å². The molecule has 1 aromatic rings. The van der Waals surface area contributed by atoms with Crippen molar-refractivity contribution in [3.05, 3.63) is 33.9 Å². The van der Waals surface area contributed by atoms with Crippen LogP contribution in [-0.4, -0.2) is 18.0 Å². The molecule has 0 bridgehead atoms. The molecule has 4 nitrogen and oxygen atoms in total. The van der Waals surface area contributed by atoms with Crippen LogP contribution in [0.15, 0.2) is 18.2 Å². The van der Waals surface area contributed by atoms with Crippen LogP contribution >= 0.6 is 11.6 Å². The van der Waals surface area contributed by atoms with Gasteiger partial charge in [-0.2, -0.15) is 0 Å². The maximum atomic E-state index is 10.8. The number of hydrogen-bond donors (Lipinski definition) is 0. The van der Waals surface area contributed by atoms with E-state index in [1.807, 2.05) is 6.07 Å². The second-order valence-corrected chi connectivity index (χ2v) is 5.19. The van der Waals surface area contributed by atoms with Gasteiger partial charge < -0.3 is 4.90 Å². The minimum absolute atomic E-state index is 0.1000. The number of alkyl halides is 1. The van der Waals surface area contributed by atoms with Crippen molar-refractivity contribution >= 4 is 23.0 Å². The van der Waals surface area contributed by atoms with Crippen LogP contribution in [0.2, 0.25) is 0 Å². The molecule has 0 radical (unpaired) electrons. The summed E-state index contributed by atoms with van der Waals surface area (Å²) in [5.74, 6) is 0.921. The van der Waals surface area contributed by atoms with E-state index in [0.29, 0.717) is 5.92 Å². The van der Waals surface area contributed by atoms with E-state index in [4.69, 9.17) is 11.6 Å². The van der Waals surface area contributed by atoms with E-state index >= 15 is 0 Å². The molecular formula is C15H23ClN2O2. The molecule has 0 unspecified atom stereocenters. The largest absolute Gasteiger partial charge is 0.371 e. The molecule has 1 rings (SSSR count). The van der Waals surface area contributed by atoms with Crippen molar-refractivity contribution in [3.8, 4) is 0 Å². The Morgan fingerprint density at radius 2 is 1.95 bits per heavy atom. The van der Waals surface area contributed by atoms with Crippen LogP contribution in [0, 0.1) is 16.0 Å². The minimum atomic E-state index is -0.378. The molecule has 0 aliphatic heterocycles. The lowest BCUT2D eigenvalue weighted by Crippen LogP contribution is -2.29. The van der Waals surface area contributed by atoms with Crippen molar-refractivity contribution in [3.63, 3.8) is 0 Å². The number of benzene rings is 1. The summed E-state index contributed by atoms with van der Waals surface area (Å²) in [6, 6.07) is 4.96. The van der Waals surface area contributed by atoms with Crippen LogP contribution < -0.4 is 4.90 Å². The number of anilines is 1. The van der Waals surface area contributed by atoms with E-state index in [0.717, 1.165) is 37.2 Å². The summed E-state index contributed by atoms with van der Waals surface area (Å²) in [6.45, 7) is 8.33. The van der Waals surface area contributed by atoms with Crippen LogP contribution in [0.1, 0.15) is 39.2 Å². The van der Waals surface area contributed by atoms with Gasteiger partial charge in [-0.25, -0.2) is 0 Å². The quantitative estimate of drug-likeness (QED) is 0.400. The van der Waals surface area contributed by atoms with Crippen LogP contribution in [-0.2, 0) is 5.88 Å². The first-order valence-corrected chi connectivity index (χ1v) is 7.68. The zero-order valence-corrected chi connectivity index (χ0v) is 13.2. The van der Waals surface area contributed by atoms with E-state index in [9.17, 15) is 10.1 Å². The SMILES string of the molecule is CCC(CC)CN(CC)c1ccc([N+](=O)[O-])cc1CCl. The number of rotatable bonds is 8. The topological polar surface area (TPSA) is 46.4 Å². The van der Waals surface area contributed by atoms with Crippen LogP contribution in [0.3, 0.4) is 0 Å². The molecule has 20 heavy (non-hydrogen) atoms. The predicted molar refractivity (Wildman–Crippen MR) is 84.6 cm³/mol. The molecule has 0 spiro atoms. The van der Waals surface area contributed by atoms with Crippen molar-refractivity contribution in [1.29, 1.82) is 0 Å². The zero-order valence-electron chi connectivity index (χ0n) is 12.4. The Kier molecular flexibility index (Phi) is 6.79. The van der Waals surface area contributed by atoms with Gasteiger partial charge in [0, 0.05) is 36.8 Å². The minimum Gasteiger partial charge on any atom is -0.371 e. The number of nitrogens with zero attached hydrogens (tertiary/aromatic N) is 2. The highest BCUT2D eigenvalue weighted by atomic mass is 35.5. The maximum absolute atomic E-state index is 10.8. The standard InChI is InChI=1S/C15H23ClN2O2/c1-4-12(5-2)11-17(6-3)15-8-7-14(18(19)20)9-13(15)10-16/h7-9,12H,4-6,10-11H2,1-3H3. The van der Waals surface area contributed by atoms with E-state index < -0.39 is 0 Å². The molecule has 0 atom stereocenters. The first kappa shape index (κ1) is 16.8. The van der Waals surface area contributed by atoms with Gasteiger partial charge in [-0.05, 0) is 24.5 Å². The Morgan fingerprint density at radius 1 is 1.30 bits per heavy atom. The monoisotopic (exact) mass is 298 g/mol. The second-order valence-electron chi connectivity index (χ2n) is 4.92. The Labute approximate surface area is 125 Å². The summed E-state index contributed by atoms with van der Waals surface area (Å²) in [4.78, 5) is 12.7. The van der Waals surface area contributed by atoms with Gasteiger partial charge in [-0.1, -0.05) is 26.7 Å². The fourth-order valence-corrected chi connectivity index (χ4v) is 2.57. The summed E-state index contributed by atoms with van der Waals surface area (Å²) in [6.07, 6.45) is 2.27. The molecular weight excluding hydrogens is 276 g/mol. The Balaban J connectivity index is 3.05. The van der Waals surface area contributed by atoms with Crippen molar-refractivity contribution in [1.82, 2.24) is 0 Å². The Hall–Kier alpha value is -1.29. The molecule has 5 heteroatoms. The average molecular weight is 299 g/mol. The fraction of sp³-hybridized carbons (Fsp3) is 0.600. The lowest BCUT2D eigenvalue weighted by Gasteiger charge is -2.29. The second kappa shape index (κ2) is 8.10. The molecule has 0 fully saturated rings. The highest BCUT2D eigenvalue weighted by Gasteiger charge is 2.16. The molecule has 0 saturated heterocycles. The summed E-state index contributed by atoms with van der Waals surface area (Å²) in [5, 5.41) is 10.8. The van der Waals surface area contributed by atoms with Crippen molar-refractivity contribution in [2.75, 3.05) is 18.0 Å². The lowest BCUT2D eigenvalue weighted by atomic mass is 10.0. The first-order chi connectivity index (χ1) is 9.57. The molecule has 112 valence electrons. The van der Waals surface area contributed by atoms with Gasteiger partial charge >= 0.3 is 0 Å². The predicted octanol–water partition coefficient (Wildman–Crippen LogP) is 4.60. The van der Waals surface area contributed by atoms with Crippen LogP contribution in [0.5, 0.6) is 0 Å². The van der Waals surface area contributed by atoms with Gasteiger partial charge in [0.15, 0.2) is 0 Å². The van der Waals surface area contributed by atoms with Crippen molar-refractivity contribution < 1.29 is 4.92 Å². The van der Waals surface area contributed by atoms with Gasteiger partial charge in [0.1, 0.15) is 0 Å². The highest BCUT2D eigenvalue weighted by Crippen LogP contribution is 2.28. The molecule has 1 aromatic carbocycles. The zero-order chi connectivity index (χ0) is 15.1. The van der Waals surface area contributed by atoms with Gasteiger partial charge in [0.2, 0.25) is 0 Å². The molecule has 0 aliphatic carbocycles. The smallest absolute Gasteiger partial charge is 0.269 e. The third-order valence-electron chi connectivity index (χ3n) is 3.77. The van der Waals surface area contributed by atoms with Gasteiger partial charge in [-0.15, -0.1) is 11.6 Å². The summed E-state index contributed by atoms with van der Waals surface area (Å²) in [5.41, 5.74) is 1.94. The highest BCUT2D eigenvalue weighted by molar-refractivity contribution is 6.17. The maximum Gasteiger partial charge on any atom is 0.269 e. The third kappa shape index (κ3) is 4.10. The molecule has 0 aromatic heterocycles. The summed E-state index contributed by atoms with van der Waals surface area (Å²) < 4.78 is 0. The first-order valence-electron chi connectivity index (χ1n) is 7.15. The van der Waals surface area contributed by atoms with Crippen molar-refractivity contribution in [2.24, 2.45) is 5.92 Å². The average Bonchev–Trinajstić information content (AvgIpc) is 2.48. The van der Waals surface area contributed by atoms with Gasteiger partial charge in [0.25, 0.3) is 5.69 Å². The fourth-order valence-electron chi connectivity index (χ4n) is 2.36. The Bertz CT molecular complexity index is 447. The molecule has 0 aliphatic rings.